The lowest BCUT2D eigenvalue weighted by Gasteiger charge is -2.05. The van der Waals surface area contributed by atoms with Gasteiger partial charge in [-0.05, 0) is 29.8 Å². The normalized spacial score (nSPS) is 12.0. The van der Waals surface area contributed by atoms with Crippen molar-refractivity contribution < 1.29 is 9.18 Å². The van der Waals surface area contributed by atoms with Crippen LogP contribution in [0.1, 0.15) is 5.56 Å². The number of nitrogens with two attached hydrogens (primary N) is 1. The zero-order chi connectivity index (χ0) is 17.6. The summed E-state index contributed by atoms with van der Waals surface area (Å²) in [6, 6.07) is 13.7. The molecule has 25 heavy (non-hydrogen) atoms. The summed E-state index contributed by atoms with van der Waals surface area (Å²) >= 11 is 1.42. The van der Waals surface area contributed by atoms with Crippen LogP contribution in [0.25, 0.3) is 10.2 Å². The highest BCUT2D eigenvalue weighted by molar-refractivity contribution is 7.22. The van der Waals surface area contributed by atoms with Crippen LogP contribution in [-0.4, -0.2) is 17.1 Å². The molecule has 2 aromatic carbocycles. The number of aliphatic imine (C=N–C) groups is 1. The number of fused-ring (bicyclic) bond motifs is 1. The molecule has 1 amide bonds. The van der Waals surface area contributed by atoms with Crippen LogP contribution in [0.3, 0.4) is 0 Å². The summed E-state index contributed by atoms with van der Waals surface area (Å²) in [5.41, 5.74) is 7.23. The Morgan fingerprint density at radius 3 is 2.88 bits per heavy atom. The molecule has 3 N–H and O–H groups in total. The Morgan fingerprint density at radius 2 is 2.12 bits per heavy atom. The van der Waals surface area contributed by atoms with Crippen molar-refractivity contribution in [3.05, 3.63) is 71.7 Å². The lowest BCUT2D eigenvalue weighted by atomic mass is 10.2. The van der Waals surface area contributed by atoms with Gasteiger partial charge in [0.2, 0.25) is 5.13 Å². The van der Waals surface area contributed by atoms with E-state index >= 15 is 0 Å². The highest BCUT2D eigenvalue weighted by atomic mass is 32.1. The van der Waals surface area contributed by atoms with E-state index in [-0.39, 0.29) is 17.9 Å². The fourth-order valence-electron chi connectivity index (χ4n) is 2.15. The Kier molecular flexibility index (Phi) is 5.15. The first-order valence-electron chi connectivity index (χ1n) is 7.50. The molecule has 126 valence electrons. The van der Waals surface area contributed by atoms with Gasteiger partial charge < -0.3 is 11.1 Å². The summed E-state index contributed by atoms with van der Waals surface area (Å²) in [7, 11) is 0. The first-order chi connectivity index (χ1) is 12.2. The Labute approximate surface area is 147 Å². The number of thiazole rings is 1. The van der Waals surface area contributed by atoms with Crippen LogP contribution in [0.5, 0.6) is 0 Å². The average molecular weight is 354 g/mol. The first-order valence-corrected chi connectivity index (χ1v) is 8.31. The molecule has 0 saturated heterocycles. The van der Waals surface area contributed by atoms with Gasteiger partial charge in [0.15, 0.2) is 0 Å². The van der Waals surface area contributed by atoms with Gasteiger partial charge in [0, 0.05) is 19.0 Å². The van der Waals surface area contributed by atoms with Gasteiger partial charge >= 0.3 is 0 Å². The van der Waals surface area contributed by atoms with Crippen LogP contribution < -0.4 is 11.1 Å². The van der Waals surface area contributed by atoms with Gasteiger partial charge in [0.25, 0.3) is 5.91 Å². The third-order valence-corrected chi connectivity index (χ3v) is 4.32. The van der Waals surface area contributed by atoms with Gasteiger partial charge in [-0.1, -0.05) is 35.6 Å². The molecule has 5 nitrogen and oxygen atoms in total. The molecule has 0 unspecified atom stereocenters. The van der Waals surface area contributed by atoms with Crippen molar-refractivity contribution >= 4 is 38.8 Å². The largest absolute Gasteiger partial charge is 0.404 e. The van der Waals surface area contributed by atoms with Crippen LogP contribution in [0.2, 0.25) is 0 Å². The summed E-state index contributed by atoms with van der Waals surface area (Å²) in [6.07, 6.45) is 2.55. The van der Waals surface area contributed by atoms with E-state index in [1.807, 2.05) is 24.3 Å². The van der Waals surface area contributed by atoms with E-state index in [4.69, 9.17) is 5.73 Å². The summed E-state index contributed by atoms with van der Waals surface area (Å²) in [4.78, 5) is 20.7. The predicted molar refractivity (Wildman–Crippen MR) is 98.3 cm³/mol. The van der Waals surface area contributed by atoms with Crippen molar-refractivity contribution in [2.45, 2.75) is 6.54 Å². The second-order valence-electron chi connectivity index (χ2n) is 5.16. The molecule has 3 rings (SSSR count). The zero-order valence-electron chi connectivity index (χ0n) is 13.1. The van der Waals surface area contributed by atoms with E-state index in [1.165, 1.54) is 35.9 Å². The maximum absolute atomic E-state index is 13.1. The van der Waals surface area contributed by atoms with Crippen molar-refractivity contribution in [3.8, 4) is 0 Å². The fourth-order valence-corrected chi connectivity index (χ4v) is 2.96. The zero-order valence-corrected chi connectivity index (χ0v) is 14.0. The minimum atomic E-state index is -0.392. The molecule has 0 aliphatic heterocycles. The third-order valence-electron chi connectivity index (χ3n) is 3.38. The number of hydrogen-bond acceptors (Lipinski definition) is 5. The molecule has 0 atom stereocenters. The summed E-state index contributed by atoms with van der Waals surface area (Å²) in [5, 5.41) is 3.22. The maximum Gasteiger partial charge on any atom is 0.254 e. The van der Waals surface area contributed by atoms with E-state index in [0.717, 1.165) is 10.2 Å². The predicted octanol–water partition coefficient (Wildman–Crippen LogP) is 3.30. The molecule has 1 heterocycles. The average Bonchev–Trinajstić information content (AvgIpc) is 3.03. The topological polar surface area (TPSA) is 80.4 Å². The molecule has 0 saturated carbocycles. The minimum Gasteiger partial charge on any atom is -0.404 e. The number of carbonyl (C=O) groups is 1. The standard InChI is InChI=1S/C18H15FN4OS/c19-14-5-3-4-12(8-14)10-21-17(24)13(9-20)11-22-18-23-15-6-1-2-7-16(15)25-18/h1-9,11H,10,20H2,(H,21,24). The smallest absolute Gasteiger partial charge is 0.254 e. The van der Waals surface area contributed by atoms with Crippen molar-refractivity contribution in [2.75, 3.05) is 0 Å². The molecule has 7 heteroatoms. The Balaban J connectivity index is 1.66. The lowest BCUT2D eigenvalue weighted by Crippen LogP contribution is -2.25. The first kappa shape index (κ1) is 16.8. The number of nitrogens with one attached hydrogen (secondary N) is 1. The van der Waals surface area contributed by atoms with Crippen LogP contribution in [0, 0.1) is 5.82 Å². The SMILES string of the molecule is NC=C(C=Nc1nc2ccccc2s1)C(=O)NCc1cccc(F)c1. The third kappa shape index (κ3) is 4.27. The van der Waals surface area contributed by atoms with Gasteiger partial charge in [0.05, 0.1) is 15.8 Å². The van der Waals surface area contributed by atoms with Crippen molar-refractivity contribution in [2.24, 2.45) is 10.7 Å². The quantitative estimate of drug-likeness (QED) is 0.545. The number of aromatic nitrogens is 1. The highest BCUT2D eigenvalue weighted by Crippen LogP contribution is 2.27. The van der Waals surface area contributed by atoms with E-state index < -0.39 is 5.91 Å². The second-order valence-corrected chi connectivity index (χ2v) is 6.17. The highest BCUT2D eigenvalue weighted by Gasteiger charge is 2.08. The van der Waals surface area contributed by atoms with Crippen LogP contribution >= 0.6 is 11.3 Å². The Bertz CT molecular complexity index is 931. The number of hydrogen-bond donors (Lipinski definition) is 2. The van der Waals surface area contributed by atoms with E-state index in [1.54, 1.807) is 12.1 Å². The Morgan fingerprint density at radius 1 is 1.28 bits per heavy atom. The summed E-state index contributed by atoms with van der Waals surface area (Å²) in [5.74, 6) is -0.740. The van der Waals surface area contributed by atoms with Gasteiger partial charge in [-0.25, -0.2) is 14.4 Å². The molecule has 3 aromatic rings. The summed E-state index contributed by atoms with van der Waals surface area (Å²) < 4.78 is 14.2. The lowest BCUT2D eigenvalue weighted by molar-refractivity contribution is -0.117. The molecule has 0 aliphatic carbocycles. The van der Waals surface area contributed by atoms with E-state index in [9.17, 15) is 9.18 Å². The van der Waals surface area contributed by atoms with Crippen LogP contribution in [-0.2, 0) is 11.3 Å². The molecule has 0 aliphatic rings. The van der Waals surface area contributed by atoms with Gasteiger partial charge in [0.1, 0.15) is 5.82 Å². The van der Waals surface area contributed by atoms with E-state index in [2.05, 4.69) is 15.3 Å². The van der Waals surface area contributed by atoms with Gasteiger partial charge in [-0.2, -0.15) is 0 Å². The maximum atomic E-state index is 13.1. The van der Waals surface area contributed by atoms with Gasteiger partial charge in [-0.15, -0.1) is 0 Å². The summed E-state index contributed by atoms with van der Waals surface area (Å²) in [6.45, 7) is 0.197. The van der Waals surface area contributed by atoms with Crippen molar-refractivity contribution in [3.63, 3.8) is 0 Å². The van der Waals surface area contributed by atoms with E-state index in [0.29, 0.717) is 10.7 Å². The number of amides is 1. The number of para-hydroxylation sites is 1. The molecule has 1 aromatic heterocycles. The monoisotopic (exact) mass is 354 g/mol. The number of benzene rings is 2. The van der Waals surface area contributed by atoms with Crippen LogP contribution in [0.15, 0.2) is 65.3 Å². The number of halogens is 1. The fraction of sp³-hybridized carbons (Fsp3) is 0.0556. The minimum absolute atomic E-state index is 0.197. The molecule has 0 fully saturated rings. The van der Waals surface area contributed by atoms with Crippen molar-refractivity contribution in [1.29, 1.82) is 0 Å². The second kappa shape index (κ2) is 7.67. The Hall–Kier alpha value is -3.06. The number of carbonyl (C=O) groups excluding carboxylic acids is 1. The van der Waals surface area contributed by atoms with Crippen LogP contribution in [0.4, 0.5) is 9.52 Å². The molecule has 0 radical (unpaired) electrons. The molecule has 0 bridgehead atoms. The number of rotatable bonds is 5. The molecule has 0 spiro atoms. The molecular formula is C18H15FN4OS. The van der Waals surface area contributed by atoms with Crippen molar-refractivity contribution in [1.82, 2.24) is 10.3 Å². The molecular weight excluding hydrogens is 339 g/mol. The number of nitrogens with zero attached hydrogens (tertiary/aromatic N) is 2. The van der Waals surface area contributed by atoms with Gasteiger partial charge in [-0.3, -0.25) is 4.79 Å².